The number of nitrogens with one attached hydrogen (secondary N) is 2. The Balaban J connectivity index is 3.31. The monoisotopic (exact) mass is 337 g/mol. The van der Waals surface area contributed by atoms with Crippen LogP contribution in [0.4, 0.5) is 11.4 Å². The van der Waals surface area contributed by atoms with Gasteiger partial charge in [-0.1, -0.05) is 19.8 Å². The quantitative estimate of drug-likeness (QED) is 0.747. The van der Waals surface area contributed by atoms with E-state index in [-0.39, 0.29) is 4.90 Å². The number of carbonyl (C=O) groups is 1. The number of rotatable bonds is 7. The second-order valence-electron chi connectivity index (χ2n) is 4.66. The van der Waals surface area contributed by atoms with Crippen molar-refractivity contribution in [2.75, 3.05) is 30.3 Å². The fraction of sp³-hybridized carbons (Fsp3) is 0.438. The van der Waals surface area contributed by atoms with Gasteiger partial charge in [0.05, 0.1) is 16.3 Å². The third kappa shape index (κ3) is 4.71. The summed E-state index contributed by atoms with van der Waals surface area (Å²) in [6, 6.07) is 4.64. The van der Waals surface area contributed by atoms with Crippen LogP contribution in [0.2, 0.25) is 0 Å². The summed E-state index contributed by atoms with van der Waals surface area (Å²) in [7, 11) is -3.59. The third-order valence-electron chi connectivity index (χ3n) is 3.19. The summed E-state index contributed by atoms with van der Waals surface area (Å²) >= 11 is 0. The van der Waals surface area contributed by atoms with Crippen LogP contribution in [-0.4, -0.2) is 38.3 Å². The largest absolute Gasteiger partial charge is 0.384 e. The molecular weight excluding hydrogens is 314 g/mol. The average Bonchev–Trinajstić information content (AvgIpc) is 2.50. The van der Waals surface area contributed by atoms with Gasteiger partial charge in [-0.25, -0.2) is 8.42 Å². The number of carbonyl (C=O) groups excluding carboxylic acids is 1. The van der Waals surface area contributed by atoms with Gasteiger partial charge in [0, 0.05) is 19.6 Å². The Morgan fingerprint density at radius 2 is 1.83 bits per heavy atom. The van der Waals surface area contributed by atoms with E-state index in [0.717, 1.165) is 0 Å². The molecule has 0 fully saturated rings. The summed E-state index contributed by atoms with van der Waals surface area (Å²) < 4.78 is 26.6. The van der Waals surface area contributed by atoms with Gasteiger partial charge in [-0.3, -0.25) is 4.79 Å². The molecule has 0 atom stereocenters. The summed E-state index contributed by atoms with van der Waals surface area (Å²) in [5, 5.41) is 5.71. The van der Waals surface area contributed by atoms with E-state index in [9.17, 15) is 13.2 Å². The molecule has 0 spiro atoms. The van der Waals surface area contributed by atoms with Crippen molar-refractivity contribution in [3.63, 3.8) is 0 Å². The van der Waals surface area contributed by atoms with Crippen molar-refractivity contribution in [3.8, 4) is 11.8 Å². The lowest BCUT2D eigenvalue weighted by Crippen LogP contribution is -2.30. The molecule has 0 bridgehead atoms. The highest BCUT2D eigenvalue weighted by atomic mass is 32.2. The molecule has 23 heavy (non-hydrogen) atoms. The highest BCUT2D eigenvalue weighted by molar-refractivity contribution is 7.89. The zero-order valence-electron chi connectivity index (χ0n) is 13.9. The smallest absolute Gasteiger partial charge is 0.300 e. The third-order valence-corrected chi connectivity index (χ3v) is 5.23. The molecule has 0 aliphatic heterocycles. The van der Waals surface area contributed by atoms with Gasteiger partial charge < -0.3 is 10.6 Å². The van der Waals surface area contributed by atoms with Crippen LogP contribution < -0.4 is 10.6 Å². The van der Waals surface area contributed by atoms with Crippen molar-refractivity contribution in [2.24, 2.45) is 0 Å². The average molecular weight is 337 g/mol. The lowest BCUT2D eigenvalue weighted by atomic mass is 10.2. The number of hydrogen-bond acceptors (Lipinski definition) is 4. The fourth-order valence-electron chi connectivity index (χ4n) is 2.11. The zero-order chi connectivity index (χ0) is 17.5. The molecule has 1 aromatic rings. The highest BCUT2D eigenvalue weighted by Gasteiger charge is 2.22. The molecule has 0 unspecified atom stereocenters. The minimum Gasteiger partial charge on any atom is -0.384 e. The second-order valence-corrected chi connectivity index (χ2v) is 6.59. The molecule has 0 saturated carbocycles. The zero-order valence-corrected chi connectivity index (χ0v) is 14.8. The Kier molecular flexibility index (Phi) is 7.07. The predicted molar refractivity (Wildman–Crippen MR) is 92.8 cm³/mol. The maximum Gasteiger partial charge on any atom is 0.300 e. The Morgan fingerprint density at radius 3 is 2.35 bits per heavy atom. The molecule has 0 aromatic heterocycles. The number of benzene rings is 1. The molecule has 2 N–H and O–H groups in total. The van der Waals surface area contributed by atoms with Gasteiger partial charge in [0.1, 0.15) is 0 Å². The van der Waals surface area contributed by atoms with Crippen LogP contribution >= 0.6 is 0 Å². The first-order valence-corrected chi connectivity index (χ1v) is 8.96. The lowest BCUT2D eigenvalue weighted by molar-refractivity contribution is -0.111. The van der Waals surface area contributed by atoms with E-state index in [4.69, 9.17) is 0 Å². The molecule has 0 aliphatic carbocycles. The van der Waals surface area contributed by atoms with Gasteiger partial charge in [-0.2, -0.15) is 4.31 Å². The summed E-state index contributed by atoms with van der Waals surface area (Å²) in [6.45, 7) is 8.46. The second kappa shape index (κ2) is 8.56. The summed E-state index contributed by atoms with van der Waals surface area (Å²) in [4.78, 5) is 11.8. The number of anilines is 2. The van der Waals surface area contributed by atoms with Crippen LogP contribution in [0.5, 0.6) is 0 Å². The van der Waals surface area contributed by atoms with Crippen LogP contribution in [0.1, 0.15) is 27.7 Å². The minimum atomic E-state index is -3.59. The first-order valence-electron chi connectivity index (χ1n) is 7.52. The van der Waals surface area contributed by atoms with E-state index < -0.39 is 15.9 Å². The number of nitrogens with zero attached hydrogens (tertiary/aromatic N) is 1. The van der Waals surface area contributed by atoms with E-state index in [1.807, 2.05) is 6.92 Å². The summed E-state index contributed by atoms with van der Waals surface area (Å²) in [5.41, 5.74) is 1.05. The van der Waals surface area contributed by atoms with E-state index in [0.29, 0.717) is 31.0 Å². The topological polar surface area (TPSA) is 78.5 Å². The lowest BCUT2D eigenvalue weighted by Gasteiger charge is -2.20. The first kappa shape index (κ1) is 19.0. The number of amides is 1. The SMILES string of the molecule is CC#CC(=O)Nc1cc(S(=O)(=O)N(CC)CC)ccc1NCC. The Morgan fingerprint density at radius 1 is 1.17 bits per heavy atom. The Hall–Kier alpha value is -2.04. The number of sulfonamides is 1. The van der Waals surface area contributed by atoms with Crippen molar-refractivity contribution >= 4 is 27.3 Å². The maximum atomic E-state index is 12.6. The van der Waals surface area contributed by atoms with Gasteiger partial charge in [-0.05, 0) is 38.0 Å². The van der Waals surface area contributed by atoms with Gasteiger partial charge in [0.15, 0.2) is 0 Å². The van der Waals surface area contributed by atoms with E-state index >= 15 is 0 Å². The summed E-state index contributed by atoms with van der Waals surface area (Å²) in [6.07, 6.45) is 0. The van der Waals surface area contributed by atoms with E-state index in [1.54, 1.807) is 26.8 Å². The molecule has 1 amide bonds. The van der Waals surface area contributed by atoms with Crippen molar-refractivity contribution < 1.29 is 13.2 Å². The molecule has 0 saturated heterocycles. The molecule has 1 aromatic carbocycles. The molecule has 0 radical (unpaired) electrons. The predicted octanol–water partition coefficient (Wildman–Crippen LogP) is 2.11. The van der Waals surface area contributed by atoms with E-state index in [1.165, 1.54) is 16.4 Å². The molecule has 7 heteroatoms. The van der Waals surface area contributed by atoms with Gasteiger partial charge in [0.25, 0.3) is 5.91 Å². The molecule has 126 valence electrons. The van der Waals surface area contributed by atoms with Crippen LogP contribution in [-0.2, 0) is 14.8 Å². The van der Waals surface area contributed by atoms with Crippen LogP contribution in [0.25, 0.3) is 0 Å². The van der Waals surface area contributed by atoms with Crippen LogP contribution in [0, 0.1) is 11.8 Å². The molecular formula is C16H23N3O3S. The van der Waals surface area contributed by atoms with Crippen molar-refractivity contribution in [2.45, 2.75) is 32.6 Å². The summed E-state index contributed by atoms with van der Waals surface area (Å²) in [5.74, 6) is 4.41. The molecule has 0 heterocycles. The van der Waals surface area contributed by atoms with E-state index in [2.05, 4.69) is 22.5 Å². The normalized spacial score (nSPS) is 10.8. The van der Waals surface area contributed by atoms with Crippen LogP contribution in [0.15, 0.2) is 23.1 Å². The van der Waals surface area contributed by atoms with Crippen molar-refractivity contribution in [1.29, 1.82) is 0 Å². The number of hydrogen-bond donors (Lipinski definition) is 2. The molecule has 0 aliphatic rings. The van der Waals surface area contributed by atoms with Crippen molar-refractivity contribution in [3.05, 3.63) is 18.2 Å². The minimum absolute atomic E-state index is 0.141. The standard InChI is InChI=1S/C16H23N3O3S/c1-5-9-16(20)18-15-12-13(10-11-14(15)17-6-2)23(21,22)19(7-3)8-4/h10-12,17H,6-8H2,1-4H3,(H,18,20). The van der Waals surface area contributed by atoms with Gasteiger partial charge in [-0.15, -0.1) is 0 Å². The Labute approximate surface area is 138 Å². The fourth-order valence-corrected chi connectivity index (χ4v) is 3.60. The highest BCUT2D eigenvalue weighted by Crippen LogP contribution is 2.27. The van der Waals surface area contributed by atoms with Crippen LogP contribution in [0.3, 0.4) is 0 Å². The molecule has 6 nitrogen and oxygen atoms in total. The molecule has 1 rings (SSSR count). The van der Waals surface area contributed by atoms with Gasteiger partial charge in [0.2, 0.25) is 10.0 Å². The van der Waals surface area contributed by atoms with Gasteiger partial charge >= 0.3 is 0 Å². The van der Waals surface area contributed by atoms with Crippen molar-refractivity contribution in [1.82, 2.24) is 4.31 Å². The Bertz CT molecular complexity index is 714. The maximum absolute atomic E-state index is 12.6. The first-order chi connectivity index (χ1) is 10.9.